The van der Waals surface area contributed by atoms with Crippen molar-refractivity contribution in [3.05, 3.63) is 101 Å². The van der Waals surface area contributed by atoms with Gasteiger partial charge in [-0.1, -0.05) is 66.7 Å². The van der Waals surface area contributed by atoms with Gasteiger partial charge in [0.15, 0.2) is 0 Å². The van der Waals surface area contributed by atoms with Gasteiger partial charge in [-0.15, -0.1) is 0 Å². The first kappa shape index (κ1) is 23.5. The van der Waals surface area contributed by atoms with Crippen LogP contribution < -0.4 is 4.90 Å². The number of ether oxygens (including phenoxy) is 1. The maximum absolute atomic E-state index is 10.8. The Morgan fingerprint density at radius 2 is 1.70 bits per heavy atom. The third kappa shape index (κ3) is 6.02. The van der Waals surface area contributed by atoms with E-state index >= 15 is 0 Å². The van der Waals surface area contributed by atoms with E-state index in [-0.39, 0.29) is 6.10 Å². The van der Waals surface area contributed by atoms with Crippen LogP contribution in [0.1, 0.15) is 35.3 Å². The van der Waals surface area contributed by atoms with Crippen molar-refractivity contribution in [3.63, 3.8) is 0 Å². The molecule has 0 saturated carbocycles. The molecule has 1 aliphatic rings. The summed E-state index contributed by atoms with van der Waals surface area (Å²) in [5.41, 5.74) is 6.03. The molecule has 0 spiro atoms. The summed E-state index contributed by atoms with van der Waals surface area (Å²) in [7, 11) is 0. The van der Waals surface area contributed by atoms with Gasteiger partial charge in [-0.25, -0.2) is 0 Å². The maximum atomic E-state index is 10.8. The van der Waals surface area contributed by atoms with Gasteiger partial charge in [-0.2, -0.15) is 0 Å². The number of aryl methyl sites for hydroxylation is 2. The minimum Gasteiger partial charge on any atom is -0.389 e. The van der Waals surface area contributed by atoms with Crippen LogP contribution in [-0.4, -0.2) is 54.9 Å². The summed E-state index contributed by atoms with van der Waals surface area (Å²) in [5.74, 6) is 0. The Bertz CT molecular complexity index is 1020. The molecule has 0 radical (unpaired) electrons. The molecule has 33 heavy (non-hydrogen) atoms. The van der Waals surface area contributed by atoms with Crippen LogP contribution in [0.5, 0.6) is 0 Å². The summed E-state index contributed by atoms with van der Waals surface area (Å²) in [4.78, 5) is 4.83. The number of β-amino-alcohol motifs (C(OH)–C–C–N with tert-alkyl or cyclic N) is 1. The molecule has 1 saturated heterocycles. The number of aliphatic hydroxyl groups is 1. The van der Waals surface area contributed by atoms with Gasteiger partial charge in [0.05, 0.1) is 12.7 Å². The van der Waals surface area contributed by atoms with E-state index in [2.05, 4.69) is 79.1 Å². The summed E-state index contributed by atoms with van der Waals surface area (Å²) in [5, 5.41) is 10.8. The predicted octanol–water partition coefficient (Wildman–Crippen LogP) is 4.98. The normalized spacial score (nSPS) is 18.8. The monoisotopic (exact) mass is 444 g/mol. The molecule has 1 aliphatic heterocycles. The van der Waals surface area contributed by atoms with E-state index in [1.807, 2.05) is 30.3 Å². The third-order valence-corrected chi connectivity index (χ3v) is 6.54. The van der Waals surface area contributed by atoms with E-state index < -0.39 is 6.10 Å². The predicted molar refractivity (Wildman–Crippen MR) is 136 cm³/mol. The highest BCUT2D eigenvalue weighted by Gasteiger charge is 2.26. The van der Waals surface area contributed by atoms with Crippen LogP contribution in [0.2, 0.25) is 0 Å². The van der Waals surface area contributed by atoms with Crippen molar-refractivity contribution >= 4 is 5.69 Å². The summed E-state index contributed by atoms with van der Waals surface area (Å²) < 4.78 is 6.34. The number of hydrogen-bond acceptors (Lipinski definition) is 4. The number of piperazine rings is 1. The van der Waals surface area contributed by atoms with Crippen LogP contribution in [-0.2, 0) is 4.74 Å². The van der Waals surface area contributed by atoms with Gasteiger partial charge >= 0.3 is 0 Å². The molecule has 4 rings (SSSR count). The summed E-state index contributed by atoms with van der Waals surface area (Å²) in [6.07, 6.45) is -0.711. The maximum Gasteiger partial charge on any atom is 0.108 e. The van der Waals surface area contributed by atoms with Gasteiger partial charge in [-0.3, -0.25) is 4.90 Å². The average Bonchev–Trinajstić information content (AvgIpc) is 2.81. The molecule has 0 bridgehead atoms. The summed E-state index contributed by atoms with van der Waals surface area (Å²) in [6, 6.07) is 27.7. The minimum absolute atomic E-state index is 0.181. The van der Waals surface area contributed by atoms with Gasteiger partial charge in [0.1, 0.15) is 6.10 Å². The van der Waals surface area contributed by atoms with Crippen LogP contribution in [0.25, 0.3) is 0 Å². The molecule has 0 aromatic heterocycles. The Hall–Kier alpha value is -2.66. The molecule has 0 aliphatic carbocycles. The lowest BCUT2D eigenvalue weighted by Gasteiger charge is -2.42. The van der Waals surface area contributed by atoms with Gasteiger partial charge in [0.25, 0.3) is 0 Å². The first-order chi connectivity index (χ1) is 16.0. The van der Waals surface area contributed by atoms with Gasteiger partial charge in [-0.05, 0) is 55.2 Å². The Kier molecular flexibility index (Phi) is 7.81. The number of rotatable bonds is 8. The Morgan fingerprint density at radius 3 is 2.42 bits per heavy atom. The number of nitrogens with zero attached hydrogens (tertiary/aromatic N) is 2. The highest BCUT2D eigenvalue weighted by molar-refractivity contribution is 5.49. The zero-order valence-electron chi connectivity index (χ0n) is 20.0. The molecule has 0 amide bonds. The summed E-state index contributed by atoms with van der Waals surface area (Å²) >= 11 is 0. The van der Waals surface area contributed by atoms with Gasteiger partial charge < -0.3 is 14.7 Å². The van der Waals surface area contributed by atoms with Crippen molar-refractivity contribution < 1.29 is 9.84 Å². The number of anilines is 1. The Balaban J connectivity index is 1.35. The minimum atomic E-state index is -0.530. The highest BCUT2D eigenvalue weighted by Crippen LogP contribution is 2.29. The second-order valence-corrected chi connectivity index (χ2v) is 9.28. The van der Waals surface area contributed by atoms with Crippen molar-refractivity contribution in [1.82, 2.24) is 4.90 Å². The number of aliphatic hydroxyl groups excluding tert-OH is 1. The average molecular weight is 445 g/mol. The van der Waals surface area contributed by atoms with Crippen molar-refractivity contribution in [3.8, 4) is 0 Å². The molecule has 4 nitrogen and oxygen atoms in total. The standard InChI is InChI=1S/C29H36N2O2/c1-22-10-9-14-26(18-22)31-17-16-30(19-24(31)3)20-27(32)21-33-29(25-12-5-4-6-13-25)28-15-8-7-11-23(28)2/h4-15,18,24,27,29,32H,16-17,19-21H2,1-3H3/t24-,27+,29-/m1/s1. The molecule has 1 N–H and O–H groups in total. The fraction of sp³-hybridized carbons (Fsp3) is 0.379. The van der Waals surface area contributed by atoms with Crippen molar-refractivity contribution in [2.75, 3.05) is 37.7 Å². The molecule has 3 atom stereocenters. The quantitative estimate of drug-likeness (QED) is 0.532. The van der Waals surface area contributed by atoms with Crippen LogP contribution in [0.15, 0.2) is 78.9 Å². The molecule has 0 unspecified atom stereocenters. The number of benzene rings is 3. The van der Waals surface area contributed by atoms with Crippen molar-refractivity contribution in [2.24, 2.45) is 0 Å². The van der Waals surface area contributed by atoms with E-state index in [9.17, 15) is 5.11 Å². The largest absolute Gasteiger partial charge is 0.389 e. The first-order valence-corrected chi connectivity index (χ1v) is 12.0. The van der Waals surface area contributed by atoms with Gasteiger partial charge in [0, 0.05) is 37.9 Å². The van der Waals surface area contributed by atoms with Crippen LogP contribution >= 0.6 is 0 Å². The molecule has 4 heteroatoms. The van der Waals surface area contributed by atoms with Crippen LogP contribution in [0, 0.1) is 13.8 Å². The lowest BCUT2D eigenvalue weighted by molar-refractivity contribution is -0.0104. The zero-order chi connectivity index (χ0) is 23.2. The fourth-order valence-corrected chi connectivity index (χ4v) is 4.82. The molecule has 3 aromatic rings. The molecule has 1 fully saturated rings. The topological polar surface area (TPSA) is 35.9 Å². The van der Waals surface area contributed by atoms with E-state index in [1.165, 1.54) is 16.8 Å². The third-order valence-electron chi connectivity index (χ3n) is 6.54. The first-order valence-electron chi connectivity index (χ1n) is 12.0. The van der Waals surface area contributed by atoms with Crippen molar-refractivity contribution in [1.29, 1.82) is 0 Å². The molecule has 3 aromatic carbocycles. The van der Waals surface area contributed by atoms with Gasteiger partial charge in [0.2, 0.25) is 0 Å². The molecular weight excluding hydrogens is 408 g/mol. The van der Waals surface area contributed by atoms with Crippen LogP contribution in [0.4, 0.5) is 5.69 Å². The zero-order valence-corrected chi connectivity index (χ0v) is 20.0. The molecule has 174 valence electrons. The Labute approximate surface area is 198 Å². The summed E-state index contributed by atoms with van der Waals surface area (Å²) in [6.45, 7) is 10.3. The van der Waals surface area contributed by atoms with E-state index in [0.717, 1.165) is 30.8 Å². The number of hydrogen-bond donors (Lipinski definition) is 1. The lowest BCUT2D eigenvalue weighted by atomic mass is 9.97. The highest BCUT2D eigenvalue weighted by atomic mass is 16.5. The van der Waals surface area contributed by atoms with E-state index in [0.29, 0.717) is 19.2 Å². The van der Waals surface area contributed by atoms with E-state index in [4.69, 9.17) is 4.74 Å². The molecule has 1 heterocycles. The fourth-order valence-electron chi connectivity index (χ4n) is 4.82. The second kappa shape index (κ2) is 11.0. The smallest absolute Gasteiger partial charge is 0.108 e. The van der Waals surface area contributed by atoms with E-state index in [1.54, 1.807) is 0 Å². The lowest BCUT2D eigenvalue weighted by Crippen LogP contribution is -2.53. The SMILES string of the molecule is Cc1cccc(N2CCN(C[C@H](O)CO[C@H](c3ccccc3)c3ccccc3C)C[C@H]2C)c1. The Morgan fingerprint density at radius 1 is 0.939 bits per heavy atom. The molecular formula is C29H36N2O2. The van der Waals surface area contributed by atoms with Crippen LogP contribution in [0.3, 0.4) is 0 Å². The van der Waals surface area contributed by atoms with Crippen molar-refractivity contribution in [2.45, 2.75) is 39.0 Å². The second-order valence-electron chi connectivity index (χ2n) is 9.28.